The SMILES string of the molecule is CO[C@]12CCC(N[C@@H](CO)C(=O)OC(C)(C)C)[C@@H]3OC4C(O)CCC5CC1N(C)CC[C@]32C54. The zero-order valence-corrected chi connectivity index (χ0v) is 20.8. The molecule has 0 amide bonds. The van der Waals surface area contributed by atoms with Crippen molar-refractivity contribution in [1.82, 2.24) is 10.2 Å². The first-order chi connectivity index (χ1) is 15.6. The van der Waals surface area contributed by atoms with Gasteiger partial charge in [-0.25, -0.2) is 0 Å². The van der Waals surface area contributed by atoms with Crippen molar-refractivity contribution in [2.75, 3.05) is 27.3 Å². The molecule has 5 rings (SSSR count). The lowest BCUT2D eigenvalue weighted by molar-refractivity contribution is -0.269. The number of likely N-dealkylation sites (N-methyl/N-ethyl adjacent to an activating group) is 1. The molecule has 6 unspecified atom stereocenters. The molecule has 5 fully saturated rings. The zero-order valence-electron chi connectivity index (χ0n) is 20.8. The lowest BCUT2D eigenvalue weighted by atomic mass is 9.42. The second-order valence-electron chi connectivity index (χ2n) is 12.1. The molecule has 0 aromatic carbocycles. The Morgan fingerprint density at radius 1 is 1.27 bits per heavy atom. The van der Waals surface area contributed by atoms with Crippen LogP contribution in [0.3, 0.4) is 0 Å². The smallest absolute Gasteiger partial charge is 0.326 e. The van der Waals surface area contributed by atoms with E-state index in [1.165, 1.54) is 0 Å². The maximum Gasteiger partial charge on any atom is 0.326 e. The zero-order chi connectivity index (χ0) is 23.8. The number of hydrogen-bond donors (Lipinski definition) is 3. The average molecular weight is 467 g/mol. The topological polar surface area (TPSA) is 100 Å². The molecule has 3 N–H and O–H groups in total. The number of aliphatic hydroxyl groups is 2. The van der Waals surface area contributed by atoms with Crippen LogP contribution in [0, 0.1) is 17.3 Å². The molecule has 2 aliphatic heterocycles. The van der Waals surface area contributed by atoms with Gasteiger partial charge in [-0.15, -0.1) is 0 Å². The molecule has 10 atom stereocenters. The monoisotopic (exact) mass is 466 g/mol. The summed E-state index contributed by atoms with van der Waals surface area (Å²) in [5, 5.41) is 24.5. The number of nitrogens with zero attached hydrogens (tertiary/aromatic N) is 1. The number of esters is 1. The lowest BCUT2D eigenvalue weighted by Gasteiger charge is -2.69. The van der Waals surface area contributed by atoms with E-state index in [2.05, 4.69) is 17.3 Å². The van der Waals surface area contributed by atoms with Crippen molar-refractivity contribution in [3.05, 3.63) is 0 Å². The summed E-state index contributed by atoms with van der Waals surface area (Å²) < 4.78 is 18.9. The number of piperidine rings is 1. The molecule has 33 heavy (non-hydrogen) atoms. The van der Waals surface area contributed by atoms with Crippen LogP contribution in [0.15, 0.2) is 0 Å². The number of likely N-dealkylation sites (tertiary alicyclic amines) is 1. The van der Waals surface area contributed by atoms with Crippen LogP contribution in [0.5, 0.6) is 0 Å². The van der Waals surface area contributed by atoms with Gasteiger partial charge < -0.3 is 29.3 Å². The summed E-state index contributed by atoms with van der Waals surface area (Å²) >= 11 is 0. The van der Waals surface area contributed by atoms with E-state index >= 15 is 0 Å². The van der Waals surface area contributed by atoms with Gasteiger partial charge in [0.05, 0.1) is 30.5 Å². The maximum absolute atomic E-state index is 12.8. The molecule has 188 valence electrons. The average Bonchev–Trinajstić information content (AvgIpc) is 3.11. The molecule has 2 heterocycles. The number of rotatable bonds is 5. The molecule has 8 heteroatoms. The Kier molecular flexibility index (Phi) is 5.90. The van der Waals surface area contributed by atoms with E-state index in [1.807, 2.05) is 27.9 Å². The second-order valence-corrected chi connectivity index (χ2v) is 12.1. The first kappa shape index (κ1) is 23.9. The second kappa shape index (κ2) is 8.14. The van der Waals surface area contributed by atoms with Crippen LogP contribution >= 0.6 is 0 Å². The molecular formula is C25H42N2O6. The van der Waals surface area contributed by atoms with Gasteiger partial charge in [0.25, 0.3) is 0 Å². The summed E-state index contributed by atoms with van der Waals surface area (Å²) in [6.45, 7) is 6.14. The highest BCUT2D eigenvalue weighted by Crippen LogP contribution is 2.70. The predicted octanol–water partition coefficient (Wildman–Crippen LogP) is 1.07. The third-order valence-corrected chi connectivity index (χ3v) is 9.59. The number of carbonyl (C=O) groups excluding carboxylic acids is 1. The fourth-order valence-corrected chi connectivity index (χ4v) is 8.55. The van der Waals surface area contributed by atoms with Crippen molar-refractivity contribution in [1.29, 1.82) is 0 Å². The van der Waals surface area contributed by atoms with Gasteiger partial charge in [-0.3, -0.25) is 10.1 Å². The summed E-state index contributed by atoms with van der Waals surface area (Å²) in [6.07, 6.45) is 4.67. The number of ether oxygens (including phenoxy) is 3. The molecule has 0 aromatic rings. The van der Waals surface area contributed by atoms with Gasteiger partial charge in [0, 0.05) is 30.5 Å². The number of nitrogens with one attached hydrogen (secondary N) is 1. The highest BCUT2D eigenvalue weighted by molar-refractivity contribution is 5.76. The third-order valence-electron chi connectivity index (χ3n) is 9.59. The van der Waals surface area contributed by atoms with E-state index in [4.69, 9.17) is 14.2 Å². The van der Waals surface area contributed by atoms with Crippen LogP contribution in [0.2, 0.25) is 0 Å². The normalized spacial score (nSPS) is 47.7. The van der Waals surface area contributed by atoms with Crippen LogP contribution in [0.25, 0.3) is 0 Å². The molecule has 2 saturated heterocycles. The van der Waals surface area contributed by atoms with Gasteiger partial charge in [-0.05, 0) is 78.8 Å². The van der Waals surface area contributed by atoms with E-state index < -0.39 is 23.7 Å². The largest absolute Gasteiger partial charge is 0.459 e. The Hall–Kier alpha value is -0.770. The van der Waals surface area contributed by atoms with Crippen molar-refractivity contribution < 1.29 is 29.2 Å². The molecule has 0 aromatic heterocycles. The van der Waals surface area contributed by atoms with Crippen LogP contribution < -0.4 is 5.32 Å². The molecule has 8 nitrogen and oxygen atoms in total. The highest BCUT2D eigenvalue weighted by Gasteiger charge is 2.78. The van der Waals surface area contributed by atoms with Gasteiger partial charge in [0.1, 0.15) is 11.6 Å². The minimum atomic E-state index is -0.807. The van der Waals surface area contributed by atoms with Crippen molar-refractivity contribution in [3.63, 3.8) is 0 Å². The predicted molar refractivity (Wildman–Crippen MR) is 122 cm³/mol. The van der Waals surface area contributed by atoms with Crippen molar-refractivity contribution >= 4 is 5.97 Å². The molecule has 5 aliphatic rings. The van der Waals surface area contributed by atoms with E-state index in [0.717, 1.165) is 45.1 Å². The number of aliphatic hydroxyl groups excluding tert-OH is 2. The summed E-state index contributed by atoms with van der Waals surface area (Å²) in [5.41, 5.74) is -1.16. The first-order valence-corrected chi connectivity index (χ1v) is 12.8. The molecule has 2 bridgehead atoms. The molecule has 1 spiro atoms. The Balaban J connectivity index is 1.50. The molecule has 3 aliphatic carbocycles. The van der Waals surface area contributed by atoms with Gasteiger partial charge in [-0.2, -0.15) is 0 Å². The molecular weight excluding hydrogens is 424 g/mol. The molecule has 3 saturated carbocycles. The van der Waals surface area contributed by atoms with Crippen LogP contribution in [0.1, 0.15) is 59.3 Å². The van der Waals surface area contributed by atoms with E-state index in [1.54, 1.807) is 0 Å². The number of methoxy groups -OCH3 is 1. The standard InChI is InChI=1S/C25H42N2O6/c1-23(2,3)33-22(30)16(13-28)26-15-8-9-25(31-5)18-12-14-6-7-17(29)20-19(14)24(25,21(15)32-20)10-11-27(18)4/h14-21,26,28-29H,6-13H2,1-5H3/t14?,15?,16-,17?,18?,19?,20?,21-,24-,25+/m0/s1. The van der Waals surface area contributed by atoms with Gasteiger partial charge in [-0.1, -0.05) is 0 Å². The van der Waals surface area contributed by atoms with Crippen molar-refractivity contribution in [3.8, 4) is 0 Å². The Labute approximate surface area is 197 Å². The summed E-state index contributed by atoms with van der Waals surface area (Å²) in [5.74, 6) is 0.330. The summed E-state index contributed by atoms with van der Waals surface area (Å²) in [7, 11) is 4.07. The minimum absolute atomic E-state index is 0.112. The van der Waals surface area contributed by atoms with Crippen LogP contribution in [-0.4, -0.2) is 96.0 Å². The van der Waals surface area contributed by atoms with Gasteiger partial charge in [0.15, 0.2) is 0 Å². The van der Waals surface area contributed by atoms with Crippen molar-refractivity contribution in [2.24, 2.45) is 17.3 Å². The summed E-state index contributed by atoms with van der Waals surface area (Å²) in [6, 6.07) is -0.588. The van der Waals surface area contributed by atoms with Gasteiger partial charge >= 0.3 is 5.97 Å². The summed E-state index contributed by atoms with van der Waals surface area (Å²) in [4.78, 5) is 15.3. The van der Waals surface area contributed by atoms with Crippen molar-refractivity contribution in [2.45, 2.75) is 107 Å². The Morgan fingerprint density at radius 2 is 2.03 bits per heavy atom. The van der Waals surface area contributed by atoms with E-state index in [9.17, 15) is 15.0 Å². The van der Waals surface area contributed by atoms with Crippen LogP contribution in [0.4, 0.5) is 0 Å². The molecule has 0 radical (unpaired) electrons. The number of hydrogen-bond acceptors (Lipinski definition) is 8. The number of carbonyl (C=O) groups is 1. The quantitative estimate of drug-likeness (QED) is 0.518. The highest BCUT2D eigenvalue weighted by atomic mass is 16.6. The van der Waals surface area contributed by atoms with Gasteiger partial charge in [0.2, 0.25) is 0 Å². The lowest BCUT2D eigenvalue weighted by Crippen LogP contribution is -2.78. The minimum Gasteiger partial charge on any atom is -0.459 e. The Bertz CT molecular complexity index is 772. The fraction of sp³-hybridized carbons (Fsp3) is 0.960. The van der Waals surface area contributed by atoms with Crippen LogP contribution in [-0.2, 0) is 19.0 Å². The third kappa shape index (κ3) is 3.35. The first-order valence-electron chi connectivity index (χ1n) is 12.8. The maximum atomic E-state index is 12.8. The Morgan fingerprint density at radius 3 is 2.70 bits per heavy atom. The fourth-order valence-electron chi connectivity index (χ4n) is 8.55. The van der Waals surface area contributed by atoms with E-state index in [0.29, 0.717) is 12.0 Å². The van der Waals surface area contributed by atoms with E-state index in [-0.39, 0.29) is 41.8 Å².